The Morgan fingerprint density at radius 1 is 0.750 bits per heavy atom. The average Bonchev–Trinajstić information content (AvgIpc) is 2.88. The van der Waals surface area contributed by atoms with E-state index in [9.17, 15) is 14.4 Å². The number of aryl methyl sites for hydroxylation is 1. The Labute approximate surface area is 240 Å². The molecular weight excluding hydrogens is 504 g/mol. The second kappa shape index (κ2) is 14.3. The van der Waals surface area contributed by atoms with Crippen LogP contribution in [-0.4, -0.2) is 24.3 Å². The second-order valence-electron chi connectivity index (χ2n) is 12.1. The molecule has 2 aromatic rings. The molecule has 0 saturated carbocycles. The van der Waals surface area contributed by atoms with Gasteiger partial charge in [0.2, 0.25) is 0 Å². The second-order valence-corrected chi connectivity index (χ2v) is 12.1. The Morgan fingerprint density at radius 2 is 1.32 bits per heavy atom. The standard InChI is InChI=1S/C34H46O6/c1-10-13-24-22-25(17-20-28(35)23-15-18-26(19-16-23)39-31(36)33(4,5)6)29(38-21-12-3)27(14-11-2)30(24)40-32(37)34(7,8)9/h15-20,22H,10-14,21H2,1-9H3. The van der Waals surface area contributed by atoms with Crippen LogP contribution in [0.25, 0.3) is 6.08 Å². The zero-order valence-corrected chi connectivity index (χ0v) is 25.7. The minimum Gasteiger partial charge on any atom is -0.493 e. The van der Waals surface area contributed by atoms with Gasteiger partial charge in [-0.2, -0.15) is 0 Å². The van der Waals surface area contributed by atoms with Crippen molar-refractivity contribution in [2.45, 2.75) is 94.4 Å². The van der Waals surface area contributed by atoms with Gasteiger partial charge in [0.1, 0.15) is 17.2 Å². The summed E-state index contributed by atoms with van der Waals surface area (Å²) >= 11 is 0. The molecule has 0 atom stereocenters. The molecule has 0 fully saturated rings. The molecule has 0 spiro atoms. The van der Waals surface area contributed by atoms with Gasteiger partial charge in [-0.1, -0.05) is 33.6 Å². The van der Waals surface area contributed by atoms with E-state index in [0.717, 1.165) is 42.4 Å². The predicted octanol–water partition coefficient (Wildman–Crippen LogP) is 8.18. The zero-order chi connectivity index (χ0) is 30.1. The molecule has 6 heteroatoms. The molecule has 0 bridgehead atoms. The fourth-order valence-electron chi connectivity index (χ4n) is 3.80. The van der Waals surface area contributed by atoms with Crippen molar-refractivity contribution in [2.24, 2.45) is 10.8 Å². The van der Waals surface area contributed by atoms with Gasteiger partial charge in [0.25, 0.3) is 0 Å². The van der Waals surface area contributed by atoms with Gasteiger partial charge in [0.15, 0.2) is 5.78 Å². The Morgan fingerprint density at radius 3 is 1.85 bits per heavy atom. The van der Waals surface area contributed by atoms with E-state index in [-0.39, 0.29) is 17.7 Å². The van der Waals surface area contributed by atoms with Crippen molar-refractivity contribution < 1.29 is 28.6 Å². The first-order valence-corrected chi connectivity index (χ1v) is 14.3. The lowest BCUT2D eigenvalue weighted by Crippen LogP contribution is -2.26. The smallest absolute Gasteiger partial charge is 0.316 e. The van der Waals surface area contributed by atoms with Gasteiger partial charge in [-0.25, -0.2) is 0 Å². The van der Waals surface area contributed by atoms with Gasteiger partial charge in [-0.05, 0) is 109 Å². The van der Waals surface area contributed by atoms with Crippen molar-refractivity contribution in [1.82, 2.24) is 0 Å². The van der Waals surface area contributed by atoms with Gasteiger partial charge in [0, 0.05) is 16.7 Å². The molecule has 218 valence electrons. The summed E-state index contributed by atoms with van der Waals surface area (Å²) in [7, 11) is 0. The first-order chi connectivity index (χ1) is 18.7. The van der Waals surface area contributed by atoms with E-state index in [2.05, 4.69) is 13.8 Å². The summed E-state index contributed by atoms with van der Waals surface area (Å²) < 4.78 is 17.7. The van der Waals surface area contributed by atoms with Gasteiger partial charge in [-0.15, -0.1) is 0 Å². The summed E-state index contributed by atoms with van der Waals surface area (Å²) in [6.45, 7) is 17.6. The molecule has 0 heterocycles. The average molecular weight is 551 g/mol. The molecule has 40 heavy (non-hydrogen) atoms. The molecular formula is C34H46O6. The minimum absolute atomic E-state index is 0.188. The number of rotatable bonds is 12. The van der Waals surface area contributed by atoms with E-state index in [0.29, 0.717) is 35.8 Å². The Balaban J connectivity index is 2.50. The zero-order valence-electron chi connectivity index (χ0n) is 25.7. The van der Waals surface area contributed by atoms with Crippen molar-refractivity contribution >= 4 is 23.8 Å². The summed E-state index contributed by atoms with van der Waals surface area (Å²) in [6.07, 6.45) is 7.22. The fourth-order valence-corrected chi connectivity index (χ4v) is 3.80. The van der Waals surface area contributed by atoms with Crippen LogP contribution in [0.2, 0.25) is 0 Å². The molecule has 0 unspecified atom stereocenters. The van der Waals surface area contributed by atoms with E-state index in [4.69, 9.17) is 14.2 Å². The molecule has 0 aromatic heterocycles. The molecule has 0 aliphatic carbocycles. The monoisotopic (exact) mass is 550 g/mol. The van der Waals surface area contributed by atoms with Gasteiger partial charge in [0.05, 0.1) is 17.4 Å². The molecule has 0 aliphatic rings. The highest BCUT2D eigenvalue weighted by atomic mass is 16.5. The van der Waals surface area contributed by atoms with Crippen molar-refractivity contribution in [1.29, 1.82) is 0 Å². The molecule has 6 nitrogen and oxygen atoms in total. The summed E-state index contributed by atoms with van der Waals surface area (Å²) in [5, 5.41) is 0. The van der Waals surface area contributed by atoms with Crippen LogP contribution in [0.1, 0.15) is 109 Å². The van der Waals surface area contributed by atoms with Crippen LogP contribution in [0.5, 0.6) is 17.2 Å². The highest BCUT2D eigenvalue weighted by molar-refractivity contribution is 6.07. The largest absolute Gasteiger partial charge is 0.493 e. The third-order valence-electron chi connectivity index (χ3n) is 6.08. The number of hydrogen-bond donors (Lipinski definition) is 0. The SMILES string of the molecule is CCCOc1c(C=CC(=O)c2ccc(OC(=O)C(C)(C)C)cc2)cc(CCC)c(OC(=O)C(C)(C)C)c1CCC. The first kappa shape index (κ1) is 32.8. The predicted molar refractivity (Wildman–Crippen MR) is 160 cm³/mol. The number of allylic oxidation sites excluding steroid dienone is 1. The number of benzene rings is 2. The van der Waals surface area contributed by atoms with Gasteiger partial charge < -0.3 is 14.2 Å². The third-order valence-corrected chi connectivity index (χ3v) is 6.08. The fraction of sp³-hybridized carbons (Fsp3) is 0.500. The number of ether oxygens (including phenoxy) is 3. The number of carbonyl (C=O) groups is 3. The van der Waals surface area contributed by atoms with Crippen LogP contribution in [0.3, 0.4) is 0 Å². The first-order valence-electron chi connectivity index (χ1n) is 14.3. The van der Waals surface area contributed by atoms with Crippen LogP contribution in [0.15, 0.2) is 36.4 Å². The van der Waals surface area contributed by atoms with E-state index in [1.54, 1.807) is 51.1 Å². The topological polar surface area (TPSA) is 78.9 Å². The quantitative estimate of drug-likeness (QED) is 0.115. The van der Waals surface area contributed by atoms with Crippen LogP contribution < -0.4 is 14.2 Å². The number of hydrogen-bond acceptors (Lipinski definition) is 6. The maximum Gasteiger partial charge on any atom is 0.316 e. The summed E-state index contributed by atoms with van der Waals surface area (Å²) in [5.74, 6) is 0.802. The number of esters is 2. The molecule has 2 rings (SSSR count). The lowest BCUT2D eigenvalue weighted by molar-refractivity contribution is -0.143. The number of carbonyl (C=O) groups excluding carboxylic acids is 3. The summed E-state index contributed by atoms with van der Waals surface area (Å²) in [5.41, 5.74) is 1.76. The summed E-state index contributed by atoms with van der Waals surface area (Å²) in [4.78, 5) is 38.1. The Kier molecular flexibility index (Phi) is 11.7. The van der Waals surface area contributed by atoms with Gasteiger partial charge in [-0.3, -0.25) is 14.4 Å². The maximum atomic E-state index is 13.1. The molecule has 2 aromatic carbocycles. The van der Waals surface area contributed by atoms with Crippen molar-refractivity contribution in [2.75, 3.05) is 6.61 Å². The molecule has 0 N–H and O–H groups in total. The number of ketones is 1. The van der Waals surface area contributed by atoms with Crippen LogP contribution in [0, 0.1) is 10.8 Å². The van der Waals surface area contributed by atoms with E-state index >= 15 is 0 Å². The van der Waals surface area contributed by atoms with E-state index in [1.807, 2.05) is 33.8 Å². The normalized spacial score (nSPS) is 11.9. The van der Waals surface area contributed by atoms with Crippen LogP contribution in [-0.2, 0) is 22.4 Å². The highest BCUT2D eigenvalue weighted by Gasteiger charge is 2.28. The highest BCUT2D eigenvalue weighted by Crippen LogP contribution is 2.40. The Hall–Kier alpha value is -3.41. The third kappa shape index (κ3) is 9.07. The lowest BCUT2D eigenvalue weighted by Gasteiger charge is -2.23. The van der Waals surface area contributed by atoms with Crippen molar-refractivity contribution in [3.8, 4) is 17.2 Å². The van der Waals surface area contributed by atoms with E-state index in [1.165, 1.54) is 6.08 Å². The maximum absolute atomic E-state index is 13.1. The Bertz CT molecular complexity index is 1210. The molecule has 0 saturated heterocycles. The molecule has 0 radical (unpaired) electrons. The van der Waals surface area contributed by atoms with Gasteiger partial charge >= 0.3 is 11.9 Å². The van der Waals surface area contributed by atoms with Crippen LogP contribution in [0.4, 0.5) is 0 Å². The lowest BCUT2D eigenvalue weighted by atomic mass is 9.94. The molecule has 0 amide bonds. The van der Waals surface area contributed by atoms with Crippen molar-refractivity contribution in [3.05, 3.63) is 58.7 Å². The van der Waals surface area contributed by atoms with Crippen molar-refractivity contribution in [3.63, 3.8) is 0 Å². The minimum atomic E-state index is -0.650. The van der Waals surface area contributed by atoms with Crippen LogP contribution >= 0.6 is 0 Å². The summed E-state index contributed by atoms with van der Waals surface area (Å²) in [6, 6.07) is 8.51. The van der Waals surface area contributed by atoms with E-state index < -0.39 is 10.8 Å². The molecule has 0 aliphatic heterocycles.